The zero-order valence-corrected chi connectivity index (χ0v) is 13.7. The number of fused-ring (bicyclic) bond motifs is 1. The first-order valence-corrected chi connectivity index (χ1v) is 7.90. The zero-order chi connectivity index (χ0) is 16.6. The number of phenolic OH excluding ortho intramolecular Hbond substituents is 1. The smallest absolute Gasteiger partial charge is 0.265 e. The first kappa shape index (κ1) is 15.6. The lowest BCUT2D eigenvalue weighted by Gasteiger charge is -2.17. The zero-order valence-electron chi connectivity index (χ0n) is 13.0. The molecule has 23 heavy (non-hydrogen) atoms. The molecule has 0 unspecified atom stereocenters. The normalized spacial score (nSPS) is 12.5. The van der Waals surface area contributed by atoms with Crippen molar-refractivity contribution in [3.8, 4) is 11.4 Å². The van der Waals surface area contributed by atoms with Crippen molar-refractivity contribution in [2.75, 3.05) is 0 Å². The lowest BCUT2D eigenvalue weighted by Crippen LogP contribution is -2.25. The van der Waals surface area contributed by atoms with Gasteiger partial charge in [-0.15, -0.1) is 0 Å². The van der Waals surface area contributed by atoms with Crippen molar-refractivity contribution in [1.82, 2.24) is 9.55 Å². The summed E-state index contributed by atoms with van der Waals surface area (Å²) < 4.78 is 1.63. The molecule has 0 spiro atoms. The minimum atomic E-state index is -0.146. The molecule has 3 aromatic rings. The third kappa shape index (κ3) is 2.82. The van der Waals surface area contributed by atoms with E-state index in [1.807, 2.05) is 19.1 Å². The van der Waals surface area contributed by atoms with Crippen molar-refractivity contribution in [2.24, 2.45) is 0 Å². The minimum Gasteiger partial charge on any atom is -0.508 e. The molecule has 0 saturated heterocycles. The summed E-state index contributed by atoms with van der Waals surface area (Å²) in [5.41, 5.74) is 1.10. The second kappa shape index (κ2) is 6.05. The van der Waals surface area contributed by atoms with Gasteiger partial charge in [0.1, 0.15) is 11.6 Å². The quantitative estimate of drug-likeness (QED) is 0.781. The van der Waals surface area contributed by atoms with Crippen molar-refractivity contribution in [1.29, 1.82) is 0 Å². The SMILES string of the molecule is CC[C@H](C)c1nc2cc(O)ccc2c(=O)n1-c1ccc(Cl)cc1. The van der Waals surface area contributed by atoms with Crippen LogP contribution in [0.4, 0.5) is 0 Å². The molecular weight excluding hydrogens is 312 g/mol. The van der Waals surface area contributed by atoms with Crippen LogP contribution in [0.3, 0.4) is 0 Å². The molecule has 0 saturated carbocycles. The number of hydrogen-bond acceptors (Lipinski definition) is 3. The molecule has 0 aliphatic rings. The van der Waals surface area contributed by atoms with E-state index >= 15 is 0 Å². The Balaban J connectivity index is 2.38. The van der Waals surface area contributed by atoms with E-state index < -0.39 is 0 Å². The van der Waals surface area contributed by atoms with Gasteiger partial charge in [-0.3, -0.25) is 9.36 Å². The van der Waals surface area contributed by atoms with Gasteiger partial charge in [-0.2, -0.15) is 0 Å². The summed E-state index contributed by atoms with van der Waals surface area (Å²) in [5.74, 6) is 0.881. The van der Waals surface area contributed by atoms with Gasteiger partial charge in [0.05, 0.1) is 16.6 Å². The summed E-state index contributed by atoms with van der Waals surface area (Å²) in [6, 6.07) is 11.8. The fourth-order valence-corrected chi connectivity index (χ4v) is 2.67. The second-order valence-corrected chi connectivity index (χ2v) is 6.03. The molecule has 0 fully saturated rings. The number of halogens is 1. The molecule has 1 N–H and O–H groups in total. The first-order valence-electron chi connectivity index (χ1n) is 7.53. The Morgan fingerprint density at radius 3 is 2.57 bits per heavy atom. The van der Waals surface area contributed by atoms with Crippen LogP contribution in [0.15, 0.2) is 47.3 Å². The largest absolute Gasteiger partial charge is 0.508 e. The molecule has 4 nitrogen and oxygen atoms in total. The van der Waals surface area contributed by atoms with Gasteiger partial charge in [-0.25, -0.2) is 4.98 Å². The molecule has 2 aromatic carbocycles. The Labute approximate surface area is 139 Å². The standard InChI is InChI=1S/C18H17ClN2O2/c1-3-11(2)17-20-16-10-14(22)8-9-15(16)18(23)21(17)13-6-4-12(19)5-7-13/h4-11,22H,3H2,1-2H3/t11-/m0/s1. The molecule has 5 heteroatoms. The maximum absolute atomic E-state index is 13.0. The highest BCUT2D eigenvalue weighted by molar-refractivity contribution is 6.30. The number of aromatic hydroxyl groups is 1. The van der Waals surface area contributed by atoms with Gasteiger partial charge < -0.3 is 5.11 Å². The molecule has 1 atom stereocenters. The number of benzene rings is 2. The van der Waals surface area contributed by atoms with Gasteiger partial charge in [0, 0.05) is 17.0 Å². The van der Waals surface area contributed by atoms with Gasteiger partial charge in [-0.1, -0.05) is 25.4 Å². The monoisotopic (exact) mass is 328 g/mol. The summed E-state index contributed by atoms with van der Waals surface area (Å²) >= 11 is 5.95. The summed E-state index contributed by atoms with van der Waals surface area (Å²) in [6.45, 7) is 4.08. The predicted molar refractivity (Wildman–Crippen MR) is 92.7 cm³/mol. The minimum absolute atomic E-state index is 0.101. The van der Waals surface area contributed by atoms with E-state index in [2.05, 4.69) is 11.9 Å². The second-order valence-electron chi connectivity index (χ2n) is 5.60. The van der Waals surface area contributed by atoms with E-state index in [0.29, 0.717) is 21.7 Å². The van der Waals surface area contributed by atoms with Gasteiger partial charge in [-0.05, 0) is 42.8 Å². The summed E-state index contributed by atoms with van der Waals surface area (Å²) in [4.78, 5) is 17.6. The van der Waals surface area contributed by atoms with E-state index in [0.717, 1.165) is 12.1 Å². The third-order valence-electron chi connectivity index (χ3n) is 4.02. The molecule has 3 rings (SSSR count). The van der Waals surface area contributed by atoms with E-state index in [9.17, 15) is 9.90 Å². The molecule has 0 radical (unpaired) electrons. The van der Waals surface area contributed by atoms with E-state index in [-0.39, 0.29) is 17.2 Å². The van der Waals surface area contributed by atoms with E-state index in [4.69, 9.17) is 11.6 Å². The predicted octanol–water partition coefficient (Wildman–Crippen LogP) is 4.26. The van der Waals surface area contributed by atoms with Crippen LogP contribution in [0, 0.1) is 0 Å². The number of hydrogen-bond donors (Lipinski definition) is 1. The molecule has 0 aliphatic carbocycles. The average Bonchev–Trinajstić information content (AvgIpc) is 2.54. The van der Waals surface area contributed by atoms with E-state index in [1.54, 1.807) is 22.8 Å². The van der Waals surface area contributed by atoms with Crippen molar-refractivity contribution >= 4 is 22.5 Å². The van der Waals surface area contributed by atoms with Gasteiger partial charge in [0.25, 0.3) is 5.56 Å². The van der Waals surface area contributed by atoms with Gasteiger partial charge >= 0.3 is 0 Å². The van der Waals surface area contributed by atoms with E-state index in [1.165, 1.54) is 12.1 Å². The van der Waals surface area contributed by atoms with Gasteiger partial charge in [0.15, 0.2) is 0 Å². The number of nitrogens with zero attached hydrogens (tertiary/aromatic N) is 2. The fourth-order valence-electron chi connectivity index (χ4n) is 2.54. The number of phenols is 1. The molecule has 1 heterocycles. The van der Waals surface area contributed by atoms with Crippen LogP contribution in [0.25, 0.3) is 16.6 Å². The van der Waals surface area contributed by atoms with Crippen LogP contribution >= 0.6 is 11.6 Å². The van der Waals surface area contributed by atoms with Crippen LogP contribution < -0.4 is 5.56 Å². The van der Waals surface area contributed by atoms with Crippen LogP contribution in [-0.4, -0.2) is 14.7 Å². The number of rotatable bonds is 3. The van der Waals surface area contributed by atoms with Crippen LogP contribution in [-0.2, 0) is 0 Å². The maximum atomic E-state index is 13.0. The molecule has 118 valence electrons. The molecule has 0 bridgehead atoms. The summed E-state index contributed by atoms with van der Waals surface area (Å²) in [5, 5.41) is 10.8. The Hall–Kier alpha value is -2.33. The van der Waals surface area contributed by atoms with Crippen molar-refractivity contribution < 1.29 is 5.11 Å². The average molecular weight is 329 g/mol. The summed E-state index contributed by atoms with van der Waals surface area (Å²) in [7, 11) is 0. The van der Waals surface area contributed by atoms with Crippen LogP contribution in [0.5, 0.6) is 5.75 Å². The number of aromatic nitrogens is 2. The maximum Gasteiger partial charge on any atom is 0.265 e. The highest BCUT2D eigenvalue weighted by Gasteiger charge is 2.17. The van der Waals surface area contributed by atoms with Gasteiger partial charge in [0.2, 0.25) is 0 Å². The Morgan fingerprint density at radius 2 is 1.91 bits per heavy atom. The Bertz CT molecular complexity index is 917. The lowest BCUT2D eigenvalue weighted by molar-refractivity contribution is 0.476. The van der Waals surface area contributed by atoms with Crippen LogP contribution in [0.1, 0.15) is 32.0 Å². The van der Waals surface area contributed by atoms with Crippen LogP contribution in [0.2, 0.25) is 5.02 Å². The molecule has 1 aromatic heterocycles. The summed E-state index contributed by atoms with van der Waals surface area (Å²) in [6.07, 6.45) is 0.852. The van der Waals surface area contributed by atoms with Crippen molar-refractivity contribution in [3.63, 3.8) is 0 Å². The van der Waals surface area contributed by atoms with Crippen molar-refractivity contribution in [3.05, 3.63) is 63.7 Å². The fraction of sp³-hybridized carbons (Fsp3) is 0.222. The molecule has 0 aliphatic heterocycles. The Morgan fingerprint density at radius 1 is 1.22 bits per heavy atom. The first-order chi connectivity index (χ1) is 11.0. The highest BCUT2D eigenvalue weighted by atomic mass is 35.5. The topological polar surface area (TPSA) is 55.1 Å². The molecular formula is C18H17ClN2O2. The lowest BCUT2D eigenvalue weighted by atomic mass is 10.1. The highest BCUT2D eigenvalue weighted by Crippen LogP contribution is 2.24. The molecule has 0 amide bonds. The van der Waals surface area contributed by atoms with Crippen molar-refractivity contribution in [2.45, 2.75) is 26.2 Å². The Kier molecular flexibility index (Phi) is 4.09. The third-order valence-corrected chi connectivity index (χ3v) is 4.27.